The molecule has 1 N–H and O–H groups in total. The molecule has 2 aromatic carbocycles. The number of hydrogen-bond acceptors (Lipinski definition) is 2. The summed E-state index contributed by atoms with van der Waals surface area (Å²) in [5.41, 5.74) is -1.64. The van der Waals surface area contributed by atoms with E-state index in [9.17, 15) is 30.7 Å². The summed E-state index contributed by atoms with van der Waals surface area (Å²) in [6.45, 7) is 0.948. The molecule has 3 nitrogen and oxygen atoms in total. The van der Waals surface area contributed by atoms with Crippen molar-refractivity contribution >= 4 is 5.69 Å². The van der Waals surface area contributed by atoms with Gasteiger partial charge in [-0.25, -0.2) is 22.2 Å². The monoisotopic (exact) mass is 403 g/mol. The summed E-state index contributed by atoms with van der Waals surface area (Å²) < 4.78 is 93.6. The molecule has 0 saturated heterocycles. The number of benzene rings is 2. The number of nitrogens with zero attached hydrogens (tertiary/aromatic N) is 2. The number of halogens is 7. The fraction of sp³-hybridized carbons (Fsp3) is 0.167. The van der Waals surface area contributed by atoms with E-state index in [-0.39, 0.29) is 17.1 Å². The molecule has 0 saturated carbocycles. The molecule has 0 fully saturated rings. The normalized spacial score (nSPS) is 11.7. The Labute approximate surface area is 154 Å². The van der Waals surface area contributed by atoms with Crippen LogP contribution in [0.5, 0.6) is 0 Å². The summed E-state index contributed by atoms with van der Waals surface area (Å²) in [5.74, 6) is -4.17. The smallest absolute Gasteiger partial charge is 0.381 e. The Morgan fingerprint density at radius 3 is 2.11 bits per heavy atom. The lowest BCUT2D eigenvalue weighted by Gasteiger charge is -2.11. The van der Waals surface area contributed by atoms with Crippen LogP contribution in [0.1, 0.15) is 17.0 Å². The van der Waals surface area contributed by atoms with Gasteiger partial charge in [-0.05, 0) is 31.2 Å². The first-order valence-electron chi connectivity index (χ1n) is 7.87. The standard InChI is InChI=1S/C18H12F7N3/c1-9-4-17(18(23,24)25)27-28(9)16-3-2-11(7-15(16)22)26-8-12-13(20)5-10(19)6-14(12)21/h2-7,26H,8H2,1H3. The molecule has 0 aliphatic heterocycles. The summed E-state index contributed by atoms with van der Waals surface area (Å²) in [7, 11) is 0. The maximum Gasteiger partial charge on any atom is 0.435 e. The summed E-state index contributed by atoms with van der Waals surface area (Å²) in [6, 6.07) is 5.25. The first-order chi connectivity index (χ1) is 13.1. The number of rotatable bonds is 4. The number of alkyl halides is 3. The van der Waals surface area contributed by atoms with Crippen LogP contribution in [0.4, 0.5) is 36.4 Å². The van der Waals surface area contributed by atoms with Crippen molar-refractivity contribution in [2.24, 2.45) is 0 Å². The Bertz CT molecular complexity index is 1000. The fourth-order valence-electron chi connectivity index (χ4n) is 2.58. The van der Waals surface area contributed by atoms with Crippen LogP contribution in [0.3, 0.4) is 0 Å². The van der Waals surface area contributed by atoms with Gasteiger partial charge in [0.25, 0.3) is 0 Å². The molecule has 0 bridgehead atoms. The van der Waals surface area contributed by atoms with E-state index in [0.717, 1.165) is 16.8 Å². The predicted octanol–water partition coefficient (Wildman–Crippen LogP) is 5.37. The largest absolute Gasteiger partial charge is 0.435 e. The van der Waals surface area contributed by atoms with E-state index in [1.165, 1.54) is 19.1 Å². The quantitative estimate of drug-likeness (QED) is 0.594. The third-order valence-electron chi connectivity index (χ3n) is 3.93. The van der Waals surface area contributed by atoms with Gasteiger partial charge in [0.2, 0.25) is 0 Å². The highest BCUT2D eigenvalue weighted by Crippen LogP contribution is 2.30. The highest BCUT2D eigenvalue weighted by molar-refractivity contribution is 5.50. The summed E-state index contributed by atoms with van der Waals surface area (Å²) in [6.07, 6.45) is -4.67. The molecule has 0 unspecified atom stereocenters. The molecule has 28 heavy (non-hydrogen) atoms. The van der Waals surface area contributed by atoms with Crippen LogP contribution in [-0.4, -0.2) is 9.78 Å². The Hall–Kier alpha value is -3.04. The van der Waals surface area contributed by atoms with Crippen LogP contribution < -0.4 is 5.32 Å². The van der Waals surface area contributed by atoms with Gasteiger partial charge < -0.3 is 5.32 Å². The van der Waals surface area contributed by atoms with E-state index in [0.29, 0.717) is 12.1 Å². The van der Waals surface area contributed by atoms with E-state index >= 15 is 0 Å². The molecule has 0 spiro atoms. The molecular weight excluding hydrogens is 391 g/mol. The summed E-state index contributed by atoms with van der Waals surface area (Å²) in [5, 5.41) is 5.94. The second-order valence-corrected chi connectivity index (χ2v) is 5.95. The minimum atomic E-state index is -4.67. The van der Waals surface area contributed by atoms with Gasteiger partial charge in [0.15, 0.2) is 11.5 Å². The van der Waals surface area contributed by atoms with Gasteiger partial charge in [0.1, 0.15) is 23.1 Å². The van der Waals surface area contributed by atoms with Crippen molar-refractivity contribution < 1.29 is 30.7 Å². The van der Waals surface area contributed by atoms with Gasteiger partial charge in [-0.15, -0.1) is 0 Å². The average Bonchev–Trinajstić information content (AvgIpc) is 2.96. The van der Waals surface area contributed by atoms with E-state index < -0.39 is 47.2 Å². The van der Waals surface area contributed by atoms with Gasteiger partial charge in [-0.1, -0.05) is 0 Å². The lowest BCUT2D eigenvalue weighted by atomic mass is 10.2. The Morgan fingerprint density at radius 1 is 0.929 bits per heavy atom. The molecule has 10 heteroatoms. The van der Waals surface area contributed by atoms with E-state index in [1.807, 2.05) is 0 Å². The maximum absolute atomic E-state index is 14.4. The first-order valence-corrected chi connectivity index (χ1v) is 7.87. The van der Waals surface area contributed by atoms with E-state index in [1.54, 1.807) is 0 Å². The van der Waals surface area contributed by atoms with Crippen molar-refractivity contribution in [3.63, 3.8) is 0 Å². The minimum Gasteiger partial charge on any atom is -0.381 e. The predicted molar refractivity (Wildman–Crippen MR) is 86.9 cm³/mol. The van der Waals surface area contributed by atoms with Crippen LogP contribution in [0.25, 0.3) is 5.69 Å². The van der Waals surface area contributed by atoms with Crippen LogP contribution in [0, 0.1) is 30.2 Å². The zero-order valence-corrected chi connectivity index (χ0v) is 14.2. The topological polar surface area (TPSA) is 29.9 Å². The number of nitrogens with one attached hydrogen (secondary N) is 1. The lowest BCUT2D eigenvalue weighted by Crippen LogP contribution is -2.09. The second-order valence-electron chi connectivity index (χ2n) is 5.95. The minimum absolute atomic E-state index is 0.0717. The van der Waals surface area contributed by atoms with Gasteiger partial charge in [0, 0.05) is 35.6 Å². The van der Waals surface area contributed by atoms with Crippen LogP contribution >= 0.6 is 0 Å². The molecule has 0 aliphatic carbocycles. The number of anilines is 1. The summed E-state index contributed by atoms with van der Waals surface area (Å²) >= 11 is 0. The van der Waals surface area contributed by atoms with Gasteiger partial charge >= 0.3 is 6.18 Å². The molecule has 0 aliphatic rings. The van der Waals surface area contributed by atoms with Gasteiger partial charge in [0.05, 0.1) is 0 Å². The van der Waals surface area contributed by atoms with Crippen LogP contribution in [-0.2, 0) is 12.7 Å². The number of aromatic nitrogens is 2. The molecule has 1 heterocycles. The Balaban J connectivity index is 1.83. The van der Waals surface area contributed by atoms with E-state index in [2.05, 4.69) is 10.4 Å². The second kappa shape index (κ2) is 7.17. The molecule has 0 atom stereocenters. The Kier molecular flexibility index (Phi) is 5.05. The fourth-order valence-corrected chi connectivity index (χ4v) is 2.58. The SMILES string of the molecule is Cc1cc(C(F)(F)F)nn1-c1ccc(NCc2c(F)cc(F)cc2F)cc1F. The third-order valence-corrected chi connectivity index (χ3v) is 3.93. The molecule has 3 rings (SSSR count). The summed E-state index contributed by atoms with van der Waals surface area (Å²) in [4.78, 5) is 0. The van der Waals surface area contributed by atoms with Crippen molar-refractivity contribution in [1.29, 1.82) is 0 Å². The Morgan fingerprint density at radius 2 is 1.57 bits per heavy atom. The zero-order valence-electron chi connectivity index (χ0n) is 14.2. The highest BCUT2D eigenvalue weighted by Gasteiger charge is 2.34. The molecule has 0 amide bonds. The van der Waals surface area contributed by atoms with Crippen molar-refractivity contribution in [1.82, 2.24) is 9.78 Å². The molecular formula is C18H12F7N3. The van der Waals surface area contributed by atoms with E-state index in [4.69, 9.17) is 0 Å². The van der Waals surface area contributed by atoms with Crippen LogP contribution in [0.15, 0.2) is 36.4 Å². The lowest BCUT2D eigenvalue weighted by molar-refractivity contribution is -0.141. The number of aryl methyl sites for hydroxylation is 1. The van der Waals surface area contributed by atoms with Crippen molar-refractivity contribution in [2.75, 3.05) is 5.32 Å². The third kappa shape index (κ3) is 3.95. The first kappa shape index (κ1) is 19.7. The molecule has 3 aromatic rings. The average molecular weight is 403 g/mol. The molecule has 148 valence electrons. The maximum atomic E-state index is 14.4. The molecule has 1 aromatic heterocycles. The van der Waals surface area contributed by atoms with Crippen molar-refractivity contribution in [3.8, 4) is 5.69 Å². The van der Waals surface area contributed by atoms with Crippen molar-refractivity contribution in [2.45, 2.75) is 19.6 Å². The molecule has 0 radical (unpaired) electrons. The van der Waals surface area contributed by atoms with Crippen LogP contribution in [0.2, 0.25) is 0 Å². The highest BCUT2D eigenvalue weighted by atomic mass is 19.4. The number of hydrogen-bond donors (Lipinski definition) is 1. The van der Waals surface area contributed by atoms with Gasteiger partial charge in [-0.3, -0.25) is 0 Å². The van der Waals surface area contributed by atoms with Gasteiger partial charge in [-0.2, -0.15) is 18.3 Å². The van der Waals surface area contributed by atoms with Crippen molar-refractivity contribution in [3.05, 3.63) is 76.6 Å². The zero-order chi connectivity index (χ0) is 20.6.